The van der Waals surface area contributed by atoms with Gasteiger partial charge in [-0.3, -0.25) is 0 Å². The zero-order valence-corrected chi connectivity index (χ0v) is 7.78. The summed E-state index contributed by atoms with van der Waals surface area (Å²) in [6.45, 7) is 2.62. The van der Waals surface area contributed by atoms with Gasteiger partial charge in [0.2, 0.25) is 0 Å². The predicted octanol–water partition coefficient (Wildman–Crippen LogP) is -2.76. The summed E-state index contributed by atoms with van der Waals surface area (Å²) in [5, 5.41) is 0. The fourth-order valence-corrected chi connectivity index (χ4v) is 0.423. The van der Waals surface area contributed by atoms with Gasteiger partial charge in [0.15, 0.2) is 0 Å². The Morgan fingerprint density at radius 3 is 2.12 bits per heavy atom. The summed E-state index contributed by atoms with van der Waals surface area (Å²) in [5.74, 6) is 0. The van der Waals surface area contributed by atoms with Crippen molar-refractivity contribution in [1.29, 1.82) is 0 Å². The Balaban J connectivity index is 0. The molecule has 0 aliphatic heterocycles. The van der Waals surface area contributed by atoms with E-state index in [0.717, 1.165) is 18.9 Å². The van der Waals surface area contributed by atoms with Gasteiger partial charge in [0.05, 0.1) is 0 Å². The van der Waals surface area contributed by atoms with E-state index in [1.165, 1.54) is 0 Å². The molecule has 8 heavy (non-hydrogen) atoms. The molecule has 0 spiro atoms. The third-order valence-corrected chi connectivity index (χ3v) is 0.833. The summed E-state index contributed by atoms with van der Waals surface area (Å²) in [5.41, 5.74) is 10.6. The Kier molecular flexibility index (Phi) is 11.6. The molecule has 0 saturated carbocycles. The fourth-order valence-electron chi connectivity index (χ4n) is 0.423. The molecule has 0 rings (SSSR count). The second-order valence-electron chi connectivity index (χ2n) is 1.61. The van der Waals surface area contributed by atoms with Gasteiger partial charge < -0.3 is 11.5 Å². The molecule has 4 N–H and O–H groups in total. The van der Waals surface area contributed by atoms with Gasteiger partial charge in [0.1, 0.15) is 0 Å². The number of hydrogen-bond donors (Lipinski definition) is 2. The molecule has 0 aliphatic rings. The summed E-state index contributed by atoms with van der Waals surface area (Å²) in [6, 6.07) is 0.905. The molecule has 0 aromatic rings. The zero-order valence-electron chi connectivity index (χ0n) is 5.78. The molecule has 0 unspecified atom stereocenters. The largest absolute Gasteiger partial charge is 1.00 e. The van der Waals surface area contributed by atoms with Crippen LogP contribution in [0.5, 0.6) is 0 Å². The molecule has 44 valence electrons. The van der Waals surface area contributed by atoms with E-state index in [-0.39, 0.29) is 29.6 Å². The van der Waals surface area contributed by atoms with Gasteiger partial charge in [-0.15, -0.1) is 6.54 Å². The first-order chi connectivity index (χ1) is 3.31. The molecule has 0 aromatic carbocycles. The average molecular weight is 124 g/mol. The van der Waals surface area contributed by atoms with Crippen LogP contribution in [0.1, 0.15) is 19.8 Å². The summed E-state index contributed by atoms with van der Waals surface area (Å²) in [6.07, 6.45) is 2.07. The van der Waals surface area contributed by atoms with Crippen LogP contribution in [0, 0.1) is 6.04 Å². The van der Waals surface area contributed by atoms with E-state index in [1.807, 2.05) is 0 Å². The average Bonchev–Trinajstić information content (AvgIpc) is 1.68. The van der Waals surface area contributed by atoms with E-state index in [2.05, 4.69) is 6.92 Å². The number of rotatable bonds is 3. The maximum atomic E-state index is 5.38. The van der Waals surface area contributed by atoms with Crippen LogP contribution in [0.25, 0.3) is 0 Å². The quantitative estimate of drug-likeness (QED) is 0.316. The monoisotopic (exact) mass is 124 g/mol. The summed E-state index contributed by atoms with van der Waals surface area (Å²) < 4.78 is 0. The first kappa shape index (κ1) is 11.7. The Bertz CT molecular complexity index is 41.4. The molecule has 0 fully saturated rings. The first-order valence-electron chi connectivity index (χ1n) is 2.61. The Labute approximate surface area is 73.3 Å². The van der Waals surface area contributed by atoms with Gasteiger partial charge in [0.25, 0.3) is 0 Å². The Morgan fingerprint density at radius 2 is 2.00 bits per heavy atom. The maximum absolute atomic E-state index is 5.38. The maximum Gasteiger partial charge on any atom is 1.00 e. The SMILES string of the molecule is CCC[C-](N)CN.[Na+]. The minimum absolute atomic E-state index is 0. The van der Waals surface area contributed by atoms with Crippen LogP contribution >= 0.6 is 0 Å². The van der Waals surface area contributed by atoms with E-state index in [9.17, 15) is 0 Å². The second kappa shape index (κ2) is 7.92. The van der Waals surface area contributed by atoms with Gasteiger partial charge >= 0.3 is 29.6 Å². The van der Waals surface area contributed by atoms with Gasteiger partial charge in [0, 0.05) is 0 Å². The molecule has 0 aromatic heterocycles. The van der Waals surface area contributed by atoms with Crippen molar-refractivity contribution < 1.29 is 29.6 Å². The van der Waals surface area contributed by atoms with Crippen molar-refractivity contribution in [3.05, 3.63) is 6.04 Å². The molecule has 0 atom stereocenters. The van der Waals surface area contributed by atoms with Crippen molar-refractivity contribution in [2.45, 2.75) is 19.8 Å². The van der Waals surface area contributed by atoms with E-state index < -0.39 is 0 Å². The van der Waals surface area contributed by atoms with Crippen LogP contribution in [-0.4, -0.2) is 6.54 Å². The molecular weight excluding hydrogens is 111 g/mol. The molecule has 0 bridgehead atoms. The van der Waals surface area contributed by atoms with E-state index in [1.54, 1.807) is 0 Å². The smallest absolute Gasteiger partial charge is 0.479 e. The Hall–Kier alpha value is 0.920. The summed E-state index contributed by atoms with van der Waals surface area (Å²) >= 11 is 0. The molecular formula is C5H13N2Na. The molecule has 0 amide bonds. The van der Waals surface area contributed by atoms with Crippen LogP contribution in [-0.2, 0) is 0 Å². The summed E-state index contributed by atoms with van der Waals surface area (Å²) in [4.78, 5) is 0. The molecule has 0 aliphatic carbocycles. The van der Waals surface area contributed by atoms with Gasteiger partial charge in [-0.05, 0) is 0 Å². The molecule has 0 saturated heterocycles. The minimum Gasteiger partial charge on any atom is -0.479 e. The van der Waals surface area contributed by atoms with Gasteiger partial charge in [-0.2, -0.15) is 6.42 Å². The van der Waals surface area contributed by atoms with E-state index in [0.29, 0.717) is 6.54 Å². The van der Waals surface area contributed by atoms with Crippen molar-refractivity contribution in [3.8, 4) is 0 Å². The minimum atomic E-state index is 0. The van der Waals surface area contributed by atoms with Crippen molar-refractivity contribution in [2.75, 3.05) is 6.54 Å². The topological polar surface area (TPSA) is 52.0 Å². The van der Waals surface area contributed by atoms with E-state index >= 15 is 0 Å². The van der Waals surface area contributed by atoms with Gasteiger partial charge in [-0.1, -0.05) is 13.3 Å². The molecule has 3 heteroatoms. The first-order valence-corrected chi connectivity index (χ1v) is 2.61. The fraction of sp³-hybridized carbons (Fsp3) is 0.800. The molecule has 0 heterocycles. The van der Waals surface area contributed by atoms with Crippen LogP contribution in [0.15, 0.2) is 0 Å². The normalized spacial score (nSPS) is 9.00. The van der Waals surface area contributed by atoms with Crippen LogP contribution < -0.4 is 41.0 Å². The van der Waals surface area contributed by atoms with Crippen LogP contribution in [0.2, 0.25) is 0 Å². The molecule has 0 radical (unpaired) electrons. The molecule has 2 nitrogen and oxygen atoms in total. The second-order valence-corrected chi connectivity index (χ2v) is 1.61. The third-order valence-electron chi connectivity index (χ3n) is 0.833. The van der Waals surface area contributed by atoms with Crippen molar-refractivity contribution in [2.24, 2.45) is 11.5 Å². The Morgan fingerprint density at radius 1 is 1.50 bits per heavy atom. The standard InChI is InChI=1S/C5H13N2.Na/c1-2-3-5(7)4-6;/h2-4,6-7H2,1H3;/q-1;+1. The number of hydrogen-bond acceptors (Lipinski definition) is 2. The van der Waals surface area contributed by atoms with Crippen LogP contribution in [0.3, 0.4) is 0 Å². The third kappa shape index (κ3) is 6.92. The van der Waals surface area contributed by atoms with Crippen LogP contribution in [0.4, 0.5) is 0 Å². The number of nitrogens with two attached hydrogens (primary N) is 2. The summed E-state index contributed by atoms with van der Waals surface area (Å²) in [7, 11) is 0. The van der Waals surface area contributed by atoms with E-state index in [4.69, 9.17) is 11.5 Å². The van der Waals surface area contributed by atoms with Crippen molar-refractivity contribution in [1.82, 2.24) is 0 Å². The van der Waals surface area contributed by atoms with Gasteiger partial charge in [-0.25, -0.2) is 6.04 Å². The van der Waals surface area contributed by atoms with Crippen molar-refractivity contribution in [3.63, 3.8) is 0 Å². The van der Waals surface area contributed by atoms with Crippen molar-refractivity contribution >= 4 is 0 Å². The zero-order chi connectivity index (χ0) is 5.70. The predicted molar refractivity (Wildman–Crippen MR) is 31.4 cm³/mol.